The molecule has 35 heavy (non-hydrogen) atoms. The van der Waals surface area contributed by atoms with Crippen molar-refractivity contribution in [2.24, 2.45) is 0 Å². The van der Waals surface area contributed by atoms with Crippen LogP contribution in [-0.4, -0.2) is 47.0 Å². The lowest BCUT2D eigenvalue weighted by Gasteiger charge is -2.34. The first-order valence-electron chi connectivity index (χ1n) is 11.7. The number of anilines is 1. The maximum atomic E-state index is 14.9. The van der Waals surface area contributed by atoms with E-state index in [4.69, 9.17) is 26.1 Å². The van der Waals surface area contributed by atoms with Gasteiger partial charge in [-0.2, -0.15) is 5.10 Å². The summed E-state index contributed by atoms with van der Waals surface area (Å²) < 4.78 is 28.3. The topological polar surface area (TPSA) is 69.5 Å². The van der Waals surface area contributed by atoms with Gasteiger partial charge in [-0.3, -0.25) is 4.68 Å². The molecule has 1 aromatic carbocycles. The van der Waals surface area contributed by atoms with Gasteiger partial charge in [0.25, 0.3) is 0 Å². The lowest BCUT2D eigenvalue weighted by Crippen LogP contribution is -2.39. The lowest BCUT2D eigenvalue weighted by molar-refractivity contribution is 0.0394. The molecule has 3 aromatic rings. The summed E-state index contributed by atoms with van der Waals surface area (Å²) in [6, 6.07) is 6.54. The molecule has 2 aromatic heterocycles. The molecule has 0 radical (unpaired) electrons. The van der Waals surface area contributed by atoms with E-state index in [9.17, 15) is 9.18 Å². The maximum absolute atomic E-state index is 14.9. The number of pyridine rings is 1. The smallest absolute Gasteiger partial charge is 0.338 e. The van der Waals surface area contributed by atoms with Crippen LogP contribution in [0, 0.1) is 5.82 Å². The Labute approximate surface area is 208 Å². The van der Waals surface area contributed by atoms with Crippen LogP contribution in [0.4, 0.5) is 10.2 Å². The molecule has 0 amide bonds. The van der Waals surface area contributed by atoms with Crippen molar-refractivity contribution in [3.63, 3.8) is 0 Å². The highest BCUT2D eigenvalue weighted by Crippen LogP contribution is 2.36. The third-order valence-corrected chi connectivity index (χ3v) is 6.47. The van der Waals surface area contributed by atoms with Crippen LogP contribution in [0.1, 0.15) is 53.4 Å². The second-order valence-electron chi connectivity index (χ2n) is 8.63. The number of carbonyl (C=O) groups excluding carboxylic acids is 1. The van der Waals surface area contributed by atoms with E-state index in [1.165, 1.54) is 12.1 Å². The molecule has 1 saturated heterocycles. The third-order valence-electron chi connectivity index (χ3n) is 6.24. The number of halogens is 2. The van der Waals surface area contributed by atoms with Crippen molar-refractivity contribution in [1.82, 2.24) is 14.8 Å². The predicted octanol–water partition coefficient (Wildman–Crippen LogP) is 5.47. The van der Waals surface area contributed by atoms with Crippen LogP contribution < -0.4 is 4.90 Å². The average molecular weight is 497 g/mol. The number of morpholine rings is 1. The summed E-state index contributed by atoms with van der Waals surface area (Å²) in [7, 11) is 0. The quantitative estimate of drug-likeness (QED) is 0.404. The number of benzene rings is 1. The molecule has 1 aliphatic carbocycles. The van der Waals surface area contributed by atoms with Crippen molar-refractivity contribution in [1.29, 1.82) is 0 Å². The molecule has 0 bridgehead atoms. The van der Waals surface area contributed by atoms with Crippen LogP contribution in [0.5, 0.6) is 0 Å². The van der Waals surface area contributed by atoms with Gasteiger partial charge < -0.3 is 14.4 Å². The number of rotatable bonds is 7. The highest BCUT2D eigenvalue weighted by atomic mass is 35.5. The standard InChI is InChI=1S/C26H26ClFN4O3/c1-3-19-21(26(33)34-4-2)12-24(30-25(19)20-8-5-17(27)11-22(20)28)31-9-10-35-23(15-31)16-13-29-32(14-16)18-6-7-18/h3,5,8,11-14,18,23H,1,4,6-7,9-10,15H2,2H3. The van der Waals surface area contributed by atoms with Crippen LogP contribution in [0.3, 0.4) is 0 Å². The van der Waals surface area contributed by atoms with E-state index >= 15 is 0 Å². The third kappa shape index (κ3) is 4.81. The Kier molecular flexibility index (Phi) is 6.58. The Balaban J connectivity index is 1.54. The van der Waals surface area contributed by atoms with Gasteiger partial charge in [0.05, 0.1) is 36.7 Å². The molecule has 1 aliphatic heterocycles. The highest BCUT2D eigenvalue weighted by Gasteiger charge is 2.29. The minimum Gasteiger partial charge on any atom is -0.462 e. The Morgan fingerprint density at radius 2 is 2.20 bits per heavy atom. The maximum Gasteiger partial charge on any atom is 0.338 e. The van der Waals surface area contributed by atoms with Gasteiger partial charge >= 0.3 is 5.97 Å². The van der Waals surface area contributed by atoms with Gasteiger partial charge in [-0.05, 0) is 44.0 Å². The van der Waals surface area contributed by atoms with Crippen LogP contribution in [0.15, 0.2) is 43.2 Å². The Morgan fingerprint density at radius 1 is 1.37 bits per heavy atom. The van der Waals surface area contributed by atoms with E-state index in [1.807, 2.05) is 22.0 Å². The zero-order chi connectivity index (χ0) is 24.5. The second-order valence-corrected chi connectivity index (χ2v) is 9.07. The Bertz CT molecular complexity index is 1270. The monoisotopic (exact) mass is 496 g/mol. The molecule has 2 aliphatic rings. The molecule has 182 valence electrons. The van der Waals surface area contributed by atoms with E-state index in [0.717, 1.165) is 18.4 Å². The van der Waals surface area contributed by atoms with Gasteiger partial charge in [-0.25, -0.2) is 14.2 Å². The van der Waals surface area contributed by atoms with Crippen LogP contribution in [-0.2, 0) is 9.47 Å². The van der Waals surface area contributed by atoms with Gasteiger partial charge in [0.15, 0.2) is 0 Å². The molecular formula is C26H26ClFN4O3. The second kappa shape index (κ2) is 9.79. The van der Waals surface area contributed by atoms with Crippen molar-refractivity contribution in [2.45, 2.75) is 31.9 Å². The lowest BCUT2D eigenvalue weighted by atomic mass is 9.99. The summed E-state index contributed by atoms with van der Waals surface area (Å²) in [6.45, 7) is 7.35. The molecule has 7 nitrogen and oxygen atoms in total. The number of hydrogen-bond acceptors (Lipinski definition) is 6. The zero-order valence-electron chi connectivity index (χ0n) is 19.4. The highest BCUT2D eigenvalue weighted by molar-refractivity contribution is 6.30. The molecule has 1 atom stereocenters. The fourth-order valence-electron chi connectivity index (χ4n) is 4.29. The van der Waals surface area contributed by atoms with Gasteiger partial charge in [0.2, 0.25) is 0 Å². The van der Waals surface area contributed by atoms with Crippen LogP contribution in [0.2, 0.25) is 5.02 Å². The summed E-state index contributed by atoms with van der Waals surface area (Å²) in [5, 5.41) is 4.75. The van der Waals surface area contributed by atoms with E-state index in [1.54, 1.807) is 25.1 Å². The number of ether oxygens (including phenoxy) is 2. The number of nitrogens with zero attached hydrogens (tertiary/aromatic N) is 4. The summed E-state index contributed by atoms with van der Waals surface area (Å²) in [6.07, 6.45) is 7.50. The van der Waals surface area contributed by atoms with E-state index in [-0.39, 0.29) is 28.9 Å². The first kappa shape index (κ1) is 23.5. The summed E-state index contributed by atoms with van der Waals surface area (Å²) in [5.41, 5.74) is 2.22. The van der Waals surface area contributed by atoms with E-state index in [0.29, 0.717) is 42.8 Å². The minimum absolute atomic E-state index is 0.195. The molecule has 5 rings (SSSR count). The van der Waals surface area contributed by atoms with E-state index < -0.39 is 11.8 Å². The number of carbonyl (C=O) groups is 1. The van der Waals surface area contributed by atoms with Crippen molar-refractivity contribution in [3.8, 4) is 11.3 Å². The Hall–Kier alpha value is -3.23. The first-order valence-corrected chi connectivity index (χ1v) is 12.1. The first-order chi connectivity index (χ1) is 17.0. The molecule has 3 heterocycles. The molecule has 0 spiro atoms. The molecular weight excluding hydrogens is 471 g/mol. The molecule has 1 saturated carbocycles. The van der Waals surface area contributed by atoms with Gasteiger partial charge in [-0.1, -0.05) is 24.3 Å². The molecule has 9 heteroatoms. The van der Waals surface area contributed by atoms with Crippen molar-refractivity contribution >= 4 is 29.5 Å². The average Bonchev–Trinajstić information content (AvgIpc) is 3.59. The van der Waals surface area contributed by atoms with E-state index in [2.05, 4.69) is 11.7 Å². The summed E-state index contributed by atoms with van der Waals surface area (Å²) in [4.78, 5) is 19.7. The number of esters is 1. The fraction of sp³-hybridized carbons (Fsp3) is 0.346. The van der Waals surface area contributed by atoms with Crippen LogP contribution in [0.25, 0.3) is 17.3 Å². The summed E-state index contributed by atoms with van der Waals surface area (Å²) >= 11 is 5.97. The van der Waals surface area contributed by atoms with Gasteiger partial charge in [0, 0.05) is 41.0 Å². The predicted molar refractivity (Wildman–Crippen MR) is 132 cm³/mol. The fourth-order valence-corrected chi connectivity index (χ4v) is 4.45. The minimum atomic E-state index is -0.535. The van der Waals surface area contributed by atoms with Crippen molar-refractivity contribution in [2.75, 3.05) is 31.2 Å². The number of aromatic nitrogens is 3. The van der Waals surface area contributed by atoms with Crippen molar-refractivity contribution in [3.05, 3.63) is 70.8 Å². The molecule has 0 N–H and O–H groups in total. The van der Waals surface area contributed by atoms with Crippen molar-refractivity contribution < 1.29 is 18.7 Å². The SMILES string of the molecule is C=Cc1c(C(=O)OCC)cc(N2CCOC(c3cnn(C4CC4)c3)C2)nc1-c1ccc(Cl)cc1F. The summed E-state index contributed by atoms with van der Waals surface area (Å²) in [5.74, 6) is -0.518. The van der Waals surface area contributed by atoms with Gasteiger partial charge in [-0.15, -0.1) is 0 Å². The molecule has 2 fully saturated rings. The molecule has 1 unspecified atom stereocenters. The Morgan fingerprint density at radius 3 is 2.91 bits per heavy atom. The largest absolute Gasteiger partial charge is 0.462 e. The van der Waals surface area contributed by atoms with Crippen LogP contribution >= 0.6 is 11.6 Å². The normalized spacial score (nSPS) is 17.9. The van der Waals surface area contributed by atoms with Gasteiger partial charge in [0.1, 0.15) is 17.7 Å². The number of hydrogen-bond donors (Lipinski definition) is 0. The zero-order valence-corrected chi connectivity index (χ0v) is 20.2.